The molecule has 2 aromatic rings. The number of nitrogens with one attached hydrogen (secondary N) is 1. The first-order valence-corrected chi connectivity index (χ1v) is 8.78. The minimum absolute atomic E-state index is 0.318. The highest BCUT2D eigenvalue weighted by Crippen LogP contribution is 2.38. The van der Waals surface area contributed by atoms with Gasteiger partial charge in [-0.25, -0.2) is 0 Å². The van der Waals surface area contributed by atoms with Gasteiger partial charge in [0.2, 0.25) is 0 Å². The molecular weight excluding hydrogens is 340 g/mol. The van der Waals surface area contributed by atoms with Crippen LogP contribution in [0.3, 0.4) is 0 Å². The quantitative estimate of drug-likeness (QED) is 0.705. The van der Waals surface area contributed by atoms with Crippen LogP contribution in [0.25, 0.3) is 0 Å². The summed E-state index contributed by atoms with van der Waals surface area (Å²) in [5.74, 6) is 0.690. The standard InChI is InChI=1S/C19H23ClN2O3/c20-15-5-3-14(4-6-15)10-22-12-19(8-17(23)18(24)9-19)13-25-16-2-1-7-21-11-16/h1-7,11,17-18,22-24H,8-10,12-13H2/t17-,18+,19?. The molecule has 1 aliphatic rings. The molecule has 3 rings (SSSR count). The number of rotatable bonds is 7. The Labute approximate surface area is 152 Å². The van der Waals surface area contributed by atoms with Crippen molar-refractivity contribution in [2.75, 3.05) is 13.2 Å². The second-order valence-electron chi connectivity index (χ2n) is 6.75. The van der Waals surface area contributed by atoms with Crippen LogP contribution in [0, 0.1) is 5.41 Å². The molecule has 25 heavy (non-hydrogen) atoms. The predicted molar refractivity (Wildman–Crippen MR) is 96.6 cm³/mol. The number of aromatic nitrogens is 1. The molecule has 5 nitrogen and oxygen atoms in total. The lowest BCUT2D eigenvalue weighted by molar-refractivity contribution is 0.0438. The molecule has 0 aliphatic heterocycles. The van der Waals surface area contributed by atoms with E-state index in [9.17, 15) is 10.2 Å². The number of benzene rings is 1. The molecule has 1 aliphatic carbocycles. The lowest BCUT2D eigenvalue weighted by atomic mass is 9.86. The highest BCUT2D eigenvalue weighted by atomic mass is 35.5. The van der Waals surface area contributed by atoms with Gasteiger partial charge in [-0.15, -0.1) is 0 Å². The van der Waals surface area contributed by atoms with E-state index in [2.05, 4.69) is 10.3 Å². The maximum Gasteiger partial charge on any atom is 0.137 e. The molecule has 1 aromatic heterocycles. The highest BCUT2D eigenvalue weighted by Gasteiger charge is 2.44. The van der Waals surface area contributed by atoms with Crippen LogP contribution in [-0.4, -0.2) is 40.6 Å². The topological polar surface area (TPSA) is 74.6 Å². The Morgan fingerprint density at radius 1 is 1.16 bits per heavy atom. The van der Waals surface area contributed by atoms with Gasteiger partial charge in [0.25, 0.3) is 0 Å². The third-order valence-corrected chi connectivity index (χ3v) is 4.90. The summed E-state index contributed by atoms with van der Waals surface area (Å²) < 4.78 is 5.87. The van der Waals surface area contributed by atoms with Crippen LogP contribution in [-0.2, 0) is 6.54 Å². The molecule has 0 radical (unpaired) electrons. The first kappa shape index (κ1) is 18.1. The molecule has 1 heterocycles. The van der Waals surface area contributed by atoms with E-state index in [1.54, 1.807) is 12.4 Å². The summed E-state index contributed by atoms with van der Waals surface area (Å²) in [6.07, 6.45) is 2.93. The van der Waals surface area contributed by atoms with E-state index in [-0.39, 0.29) is 5.41 Å². The van der Waals surface area contributed by atoms with Crippen LogP contribution in [0.5, 0.6) is 5.75 Å². The fourth-order valence-electron chi connectivity index (χ4n) is 3.30. The van der Waals surface area contributed by atoms with Crippen LogP contribution in [0.4, 0.5) is 0 Å². The van der Waals surface area contributed by atoms with Crippen LogP contribution in [0.2, 0.25) is 5.02 Å². The van der Waals surface area contributed by atoms with Crippen molar-refractivity contribution in [3.05, 3.63) is 59.4 Å². The van der Waals surface area contributed by atoms with Crippen LogP contribution >= 0.6 is 11.6 Å². The zero-order chi connectivity index (χ0) is 17.7. The van der Waals surface area contributed by atoms with E-state index in [1.807, 2.05) is 36.4 Å². The number of aliphatic hydroxyl groups excluding tert-OH is 2. The first-order valence-electron chi connectivity index (χ1n) is 8.40. The molecular formula is C19H23ClN2O3. The zero-order valence-corrected chi connectivity index (χ0v) is 14.7. The molecule has 3 N–H and O–H groups in total. The Balaban J connectivity index is 1.60. The molecule has 0 saturated heterocycles. The van der Waals surface area contributed by atoms with Gasteiger partial charge in [-0.2, -0.15) is 0 Å². The average molecular weight is 363 g/mol. The number of hydrogen-bond donors (Lipinski definition) is 3. The number of hydrogen-bond acceptors (Lipinski definition) is 5. The maximum atomic E-state index is 10.0. The smallest absolute Gasteiger partial charge is 0.137 e. The van der Waals surface area contributed by atoms with Gasteiger partial charge in [0, 0.05) is 29.7 Å². The first-order chi connectivity index (χ1) is 12.1. The third-order valence-electron chi connectivity index (χ3n) is 4.65. The largest absolute Gasteiger partial charge is 0.491 e. The number of aliphatic hydroxyl groups is 2. The van der Waals surface area contributed by atoms with E-state index < -0.39 is 12.2 Å². The van der Waals surface area contributed by atoms with Gasteiger partial charge in [-0.1, -0.05) is 23.7 Å². The van der Waals surface area contributed by atoms with Crippen molar-refractivity contribution in [1.82, 2.24) is 10.3 Å². The van der Waals surface area contributed by atoms with Crippen molar-refractivity contribution in [2.45, 2.75) is 31.6 Å². The second-order valence-corrected chi connectivity index (χ2v) is 7.19. The molecule has 1 fully saturated rings. The van der Waals surface area contributed by atoms with E-state index >= 15 is 0 Å². The monoisotopic (exact) mass is 362 g/mol. The van der Waals surface area contributed by atoms with Crippen molar-refractivity contribution in [1.29, 1.82) is 0 Å². The highest BCUT2D eigenvalue weighted by molar-refractivity contribution is 6.30. The van der Waals surface area contributed by atoms with E-state index in [1.165, 1.54) is 0 Å². The molecule has 1 aromatic carbocycles. The molecule has 6 heteroatoms. The van der Waals surface area contributed by atoms with Crippen molar-refractivity contribution in [3.63, 3.8) is 0 Å². The molecule has 0 spiro atoms. The fraction of sp³-hybridized carbons (Fsp3) is 0.421. The summed E-state index contributed by atoms with van der Waals surface area (Å²) in [6.45, 7) is 1.75. The van der Waals surface area contributed by atoms with Gasteiger partial charge in [0.15, 0.2) is 0 Å². The summed E-state index contributed by atoms with van der Waals surface area (Å²) in [5, 5.41) is 24.2. The second kappa shape index (κ2) is 8.15. The summed E-state index contributed by atoms with van der Waals surface area (Å²) in [7, 11) is 0. The number of pyridine rings is 1. The van der Waals surface area contributed by atoms with E-state index in [4.69, 9.17) is 16.3 Å². The minimum atomic E-state index is -0.713. The lowest BCUT2D eigenvalue weighted by Gasteiger charge is -2.29. The van der Waals surface area contributed by atoms with Gasteiger partial charge in [0.1, 0.15) is 5.75 Å². The summed E-state index contributed by atoms with van der Waals surface area (Å²) in [5.41, 5.74) is 0.813. The van der Waals surface area contributed by atoms with Gasteiger partial charge in [-0.05, 0) is 42.7 Å². The number of nitrogens with zero attached hydrogens (tertiary/aromatic N) is 1. The van der Waals surface area contributed by atoms with Crippen molar-refractivity contribution >= 4 is 11.6 Å². The van der Waals surface area contributed by atoms with Crippen molar-refractivity contribution in [2.24, 2.45) is 5.41 Å². The Morgan fingerprint density at radius 3 is 2.52 bits per heavy atom. The predicted octanol–water partition coefficient (Wildman–Crippen LogP) is 2.41. The van der Waals surface area contributed by atoms with Gasteiger partial charge < -0.3 is 20.3 Å². The molecule has 1 saturated carbocycles. The summed E-state index contributed by atoms with van der Waals surface area (Å²) in [6, 6.07) is 11.4. The molecule has 3 atom stereocenters. The third kappa shape index (κ3) is 4.92. The van der Waals surface area contributed by atoms with Crippen LogP contribution in [0.15, 0.2) is 48.8 Å². The molecule has 134 valence electrons. The van der Waals surface area contributed by atoms with Gasteiger partial charge in [-0.3, -0.25) is 4.98 Å². The van der Waals surface area contributed by atoms with E-state index in [0.29, 0.717) is 43.3 Å². The van der Waals surface area contributed by atoms with E-state index in [0.717, 1.165) is 5.56 Å². The van der Waals surface area contributed by atoms with Crippen molar-refractivity contribution in [3.8, 4) is 5.75 Å². The Bertz CT molecular complexity index is 656. The molecule has 1 unspecified atom stereocenters. The Morgan fingerprint density at radius 2 is 1.88 bits per heavy atom. The molecule has 0 amide bonds. The Hall–Kier alpha value is -1.66. The SMILES string of the molecule is O[C@@H]1CC(CNCc2ccc(Cl)cc2)(COc2cccnc2)C[C@@H]1O. The normalized spacial score (nSPS) is 25.9. The van der Waals surface area contributed by atoms with Gasteiger partial charge in [0.05, 0.1) is 25.0 Å². The Kier molecular flexibility index (Phi) is 5.91. The fourth-order valence-corrected chi connectivity index (χ4v) is 3.43. The zero-order valence-electron chi connectivity index (χ0n) is 13.9. The van der Waals surface area contributed by atoms with Crippen LogP contribution < -0.4 is 10.1 Å². The molecule has 0 bridgehead atoms. The average Bonchev–Trinajstić information content (AvgIpc) is 2.90. The minimum Gasteiger partial charge on any atom is -0.491 e. The maximum absolute atomic E-state index is 10.0. The summed E-state index contributed by atoms with van der Waals surface area (Å²) in [4.78, 5) is 4.04. The number of ether oxygens (including phenoxy) is 1. The summed E-state index contributed by atoms with van der Waals surface area (Å²) >= 11 is 5.91. The van der Waals surface area contributed by atoms with Crippen LogP contribution in [0.1, 0.15) is 18.4 Å². The number of halogens is 1. The van der Waals surface area contributed by atoms with Gasteiger partial charge >= 0.3 is 0 Å². The lowest BCUT2D eigenvalue weighted by Crippen LogP contribution is -2.37. The van der Waals surface area contributed by atoms with Crippen molar-refractivity contribution < 1.29 is 14.9 Å².